The van der Waals surface area contributed by atoms with Gasteiger partial charge in [-0.15, -0.1) is 0 Å². The number of carbonyl (C=O) groups is 2. The molecule has 2 saturated heterocycles. The highest BCUT2D eigenvalue weighted by Crippen LogP contribution is 2.24. The number of likely N-dealkylation sites (tertiary alicyclic amines) is 1. The fourth-order valence-electron chi connectivity index (χ4n) is 3.60. The first-order valence-electron chi connectivity index (χ1n) is 8.19. The Morgan fingerprint density at radius 1 is 1.27 bits per heavy atom. The molecule has 6 heteroatoms. The SMILES string of the molecule is CC1CN(C(C)C(=O)N2CCC(C(N)=O)CC2)CC(C)(C)O1. The van der Waals surface area contributed by atoms with E-state index >= 15 is 0 Å². The lowest BCUT2D eigenvalue weighted by Gasteiger charge is -2.45. The predicted molar refractivity (Wildman–Crippen MR) is 84.2 cm³/mol. The summed E-state index contributed by atoms with van der Waals surface area (Å²) < 4.78 is 5.90. The third-order valence-corrected chi connectivity index (χ3v) is 4.71. The maximum Gasteiger partial charge on any atom is 0.239 e. The fraction of sp³-hybridized carbons (Fsp3) is 0.875. The first kappa shape index (κ1) is 17.2. The molecule has 0 bridgehead atoms. The van der Waals surface area contributed by atoms with Crippen LogP contribution in [0.25, 0.3) is 0 Å². The lowest BCUT2D eigenvalue weighted by Crippen LogP contribution is -2.58. The minimum Gasteiger partial charge on any atom is -0.370 e. The van der Waals surface area contributed by atoms with Gasteiger partial charge in [-0.3, -0.25) is 14.5 Å². The molecule has 2 N–H and O–H groups in total. The molecular weight excluding hydrogens is 282 g/mol. The van der Waals surface area contributed by atoms with Gasteiger partial charge in [0.1, 0.15) is 0 Å². The Kier molecular flexibility index (Phi) is 5.12. The van der Waals surface area contributed by atoms with Crippen LogP contribution < -0.4 is 5.73 Å². The van der Waals surface area contributed by atoms with Crippen molar-refractivity contribution in [3.8, 4) is 0 Å². The molecular formula is C16H29N3O3. The van der Waals surface area contributed by atoms with E-state index in [1.807, 2.05) is 18.7 Å². The van der Waals surface area contributed by atoms with Crippen molar-refractivity contribution in [2.24, 2.45) is 11.7 Å². The molecule has 0 saturated carbocycles. The van der Waals surface area contributed by atoms with E-state index in [0.717, 1.165) is 13.1 Å². The van der Waals surface area contributed by atoms with Crippen LogP contribution >= 0.6 is 0 Å². The molecule has 2 atom stereocenters. The summed E-state index contributed by atoms with van der Waals surface area (Å²) in [5.74, 6) is -0.182. The van der Waals surface area contributed by atoms with Crippen molar-refractivity contribution in [1.29, 1.82) is 0 Å². The average molecular weight is 311 g/mol. The molecule has 2 amide bonds. The van der Waals surface area contributed by atoms with Gasteiger partial charge < -0.3 is 15.4 Å². The zero-order valence-corrected chi connectivity index (χ0v) is 14.2. The third kappa shape index (κ3) is 3.98. The second kappa shape index (κ2) is 6.54. The van der Waals surface area contributed by atoms with Crippen molar-refractivity contribution in [3.05, 3.63) is 0 Å². The van der Waals surface area contributed by atoms with Gasteiger partial charge in [0, 0.05) is 32.1 Å². The van der Waals surface area contributed by atoms with Crippen LogP contribution in [0.4, 0.5) is 0 Å². The molecule has 2 unspecified atom stereocenters. The fourth-order valence-corrected chi connectivity index (χ4v) is 3.60. The molecule has 2 heterocycles. The number of amides is 2. The topological polar surface area (TPSA) is 75.9 Å². The summed E-state index contributed by atoms with van der Waals surface area (Å²) in [7, 11) is 0. The molecule has 126 valence electrons. The van der Waals surface area contributed by atoms with Crippen molar-refractivity contribution in [3.63, 3.8) is 0 Å². The van der Waals surface area contributed by atoms with Gasteiger partial charge in [-0.1, -0.05) is 0 Å². The summed E-state index contributed by atoms with van der Waals surface area (Å²) in [5.41, 5.74) is 5.12. The van der Waals surface area contributed by atoms with Crippen LogP contribution in [0.5, 0.6) is 0 Å². The number of morpholine rings is 1. The van der Waals surface area contributed by atoms with E-state index in [4.69, 9.17) is 10.5 Å². The van der Waals surface area contributed by atoms with Gasteiger partial charge in [-0.2, -0.15) is 0 Å². The Balaban J connectivity index is 1.93. The minimum atomic E-state index is -0.246. The highest BCUT2D eigenvalue weighted by molar-refractivity contribution is 5.82. The van der Waals surface area contributed by atoms with E-state index in [1.165, 1.54) is 0 Å². The minimum absolute atomic E-state index is 0.0818. The molecule has 0 aliphatic carbocycles. The van der Waals surface area contributed by atoms with Crippen molar-refractivity contribution in [1.82, 2.24) is 9.80 Å². The first-order valence-corrected chi connectivity index (χ1v) is 8.19. The summed E-state index contributed by atoms with van der Waals surface area (Å²) in [4.78, 5) is 28.0. The van der Waals surface area contributed by atoms with Gasteiger partial charge in [-0.25, -0.2) is 0 Å². The van der Waals surface area contributed by atoms with Gasteiger partial charge in [0.05, 0.1) is 17.7 Å². The molecule has 6 nitrogen and oxygen atoms in total. The normalized spacial score (nSPS) is 28.4. The summed E-state index contributed by atoms with van der Waals surface area (Å²) in [6, 6.07) is -0.157. The lowest BCUT2D eigenvalue weighted by molar-refractivity contribution is -0.155. The number of nitrogens with zero attached hydrogens (tertiary/aromatic N) is 2. The highest BCUT2D eigenvalue weighted by atomic mass is 16.5. The summed E-state index contributed by atoms with van der Waals surface area (Å²) in [6.45, 7) is 10.9. The van der Waals surface area contributed by atoms with Crippen molar-refractivity contribution < 1.29 is 14.3 Å². The zero-order valence-electron chi connectivity index (χ0n) is 14.2. The number of primary amides is 1. The standard InChI is InChI=1S/C16H29N3O3/c1-11-9-19(10-16(3,4)22-11)12(2)15(21)18-7-5-13(6-8-18)14(17)20/h11-13H,5-10H2,1-4H3,(H2,17,20). The maximum absolute atomic E-state index is 12.7. The van der Waals surface area contributed by atoms with Crippen molar-refractivity contribution >= 4 is 11.8 Å². The average Bonchev–Trinajstić information content (AvgIpc) is 2.43. The van der Waals surface area contributed by atoms with E-state index < -0.39 is 0 Å². The van der Waals surface area contributed by atoms with Gasteiger partial charge in [0.25, 0.3) is 0 Å². The van der Waals surface area contributed by atoms with Crippen LogP contribution in [-0.4, -0.2) is 65.5 Å². The first-order chi connectivity index (χ1) is 10.2. The molecule has 2 rings (SSSR count). The number of hydrogen-bond donors (Lipinski definition) is 1. The third-order valence-electron chi connectivity index (χ3n) is 4.71. The molecule has 22 heavy (non-hydrogen) atoms. The van der Waals surface area contributed by atoms with Crippen LogP contribution in [0.2, 0.25) is 0 Å². The Morgan fingerprint density at radius 2 is 1.86 bits per heavy atom. The number of piperidine rings is 1. The molecule has 2 aliphatic rings. The number of rotatable bonds is 3. The van der Waals surface area contributed by atoms with E-state index in [9.17, 15) is 9.59 Å². The number of carbonyl (C=O) groups excluding carboxylic acids is 2. The van der Waals surface area contributed by atoms with E-state index in [0.29, 0.717) is 25.9 Å². The van der Waals surface area contributed by atoms with E-state index in [1.54, 1.807) is 0 Å². The van der Waals surface area contributed by atoms with Crippen LogP contribution in [0.15, 0.2) is 0 Å². The molecule has 2 fully saturated rings. The summed E-state index contributed by atoms with van der Waals surface area (Å²) >= 11 is 0. The summed E-state index contributed by atoms with van der Waals surface area (Å²) in [5, 5.41) is 0. The molecule has 0 spiro atoms. The monoisotopic (exact) mass is 311 g/mol. The number of nitrogens with two attached hydrogens (primary N) is 1. The smallest absolute Gasteiger partial charge is 0.239 e. The molecule has 0 radical (unpaired) electrons. The van der Waals surface area contributed by atoms with Crippen LogP contribution in [0.3, 0.4) is 0 Å². The molecule has 0 aromatic heterocycles. The second-order valence-corrected chi connectivity index (χ2v) is 7.30. The summed E-state index contributed by atoms with van der Waals surface area (Å²) in [6.07, 6.45) is 1.48. The Labute approximate surface area is 132 Å². The Bertz CT molecular complexity index is 430. The van der Waals surface area contributed by atoms with Gasteiger partial charge in [0.15, 0.2) is 0 Å². The molecule has 0 aromatic carbocycles. The largest absolute Gasteiger partial charge is 0.370 e. The lowest BCUT2D eigenvalue weighted by atomic mass is 9.95. The van der Waals surface area contributed by atoms with Crippen LogP contribution in [0, 0.1) is 5.92 Å². The van der Waals surface area contributed by atoms with Crippen LogP contribution in [-0.2, 0) is 14.3 Å². The number of ether oxygens (including phenoxy) is 1. The molecule has 2 aliphatic heterocycles. The Morgan fingerprint density at radius 3 is 2.36 bits per heavy atom. The van der Waals surface area contributed by atoms with E-state index in [2.05, 4.69) is 18.7 Å². The number of hydrogen-bond acceptors (Lipinski definition) is 4. The van der Waals surface area contributed by atoms with Gasteiger partial charge in [-0.05, 0) is 40.5 Å². The highest BCUT2D eigenvalue weighted by Gasteiger charge is 2.37. The predicted octanol–water partition coefficient (Wildman–Crippen LogP) is 0.598. The maximum atomic E-state index is 12.7. The van der Waals surface area contributed by atoms with Gasteiger partial charge >= 0.3 is 0 Å². The van der Waals surface area contributed by atoms with Crippen molar-refractivity contribution in [2.45, 2.75) is 58.3 Å². The Hall–Kier alpha value is -1.14. The quantitative estimate of drug-likeness (QED) is 0.828. The second-order valence-electron chi connectivity index (χ2n) is 7.30. The van der Waals surface area contributed by atoms with Gasteiger partial charge in [0.2, 0.25) is 11.8 Å². The van der Waals surface area contributed by atoms with E-state index in [-0.39, 0.29) is 35.5 Å². The van der Waals surface area contributed by atoms with Crippen LogP contribution in [0.1, 0.15) is 40.5 Å². The van der Waals surface area contributed by atoms with Crippen molar-refractivity contribution in [2.75, 3.05) is 26.2 Å². The molecule has 0 aromatic rings. The zero-order chi connectivity index (χ0) is 16.5.